The second-order valence-electron chi connectivity index (χ2n) is 8.18. The third kappa shape index (κ3) is 5.84. The molecule has 1 saturated heterocycles. The Kier molecular flexibility index (Phi) is 6.70. The minimum Gasteiger partial charge on any atom is -0.426 e. The van der Waals surface area contributed by atoms with E-state index in [4.69, 9.17) is 0 Å². The fourth-order valence-corrected chi connectivity index (χ4v) is 3.94. The minimum atomic E-state index is -5.82. The number of hydrogen-bond acceptors (Lipinski definition) is 4. The number of halogens is 9. The Balaban J connectivity index is 1.50. The number of carbonyl (C=O) groups excluding carboxylic acids is 2. The summed E-state index contributed by atoms with van der Waals surface area (Å²) in [5, 5.41) is 2.48. The van der Waals surface area contributed by atoms with Crippen molar-refractivity contribution in [1.82, 2.24) is 15.2 Å². The van der Waals surface area contributed by atoms with Gasteiger partial charge >= 0.3 is 24.6 Å². The summed E-state index contributed by atoms with van der Waals surface area (Å²) in [6.07, 6.45) is -21.6. The first-order chi connectivity index (χ1) is 15.5. The molecule has 2 aliphatic rings. The Hall–Kier alpha value is -2.74. The molecule has 2 heterocycles. The first-order valence-electron chi connectivity index (χ1n) is 9.93. The molecular weight excluding hydrogens is 489 g/mol. The van der Waals surface area contributed by atoms with Crippen molar-refractivity contribution in [2.45, 2.75) is 50.4 Å². The molecule has 15 heteroatoms. The normalized spacial score (nSPS) is 20.4. The highest BCUT2D eigenvalue weighted by Crippen LogP contribution is 2.59. The van der Waals surface area contributed by atoms with Gasteiger partial charge < -0.3 is 15.0 Å². The summed E-state index contributed by atoms with van der Waals surface area (Å²) >= 11 is 0. The molecule has 1 aromatic heterocycles. The van der Waals surface area contributed by atoms with Gasteiger partial charge in [-0.1, -0.05) is 6.07 Å². The van der Waals surface area contributed by atoms with Crippen molar-refractivity contribution >= 4 is 12.0 Å². The Labute approximate surface area is 186 Å². The minimum absolute atomic E-state index is 0.0145. The zero-order valence-corrected chi connectivity index (χ0v) is 17.2. The smallest absolute Gasteiger partial charge is 0.426 e. The highest BCUT2D eigenvalue weighted by atomic mass is 19.4. The van der Waals surface area contributed by atoms with Gasteiger partial charge in [0.25, 0.3) is 6.10 Å². The standard InChI is InChI=1S/C19H18F9N3O3/c20-17(21,22)12-3-1-2-10(30-12)9-29-13(32)11-8-16(11)4-6-31(7-5-16)15(33)34-14(18(23,24)25)19(26,27)28/h1-3,11,14H,4-9H2,(H,29,32)/t11-/m1/s1. The van der Waals surface area contributed by atoms with Crippen LogP contribution in [0, 0.1) is 11.3 Å². The van der Waals surface area contributed by atoms with E-state index in [0.717, 1.165) is 17.0 Å². The monoisotopic (exact) mass is 507 g/mol. The Morgan fingerprint density at radius 1 is 1.06 bits per heavy atom. The van der Waals surface area contributed by atoms with Crippen molar-refractivity contribution in [3.05, 3.63) is 29.6 Å². The molecule has 34 heavy (non-hydrogen) atoms. The number of alkyl halides is 9. The molecule has 1 spiro atoms. The molecule has 6 nitrogen and oxygen atoms in total. The Morgan fingerprint density at radius 2 is 1.65 bits per heavy atom. The average Bonchev–Trinajstić information content (AvgIpc) is 3.41. The maximum atomic E-state index is 12.7. The molecule has 0 aromatic carbocycles. The molecule has 3 rings (SSSR count). The molecule has 1 N–H and O–H groups in total. The summed E-state index contributed by atoms with van der Waals surface area (Å²) in [4.78, 5) is 28.4. The highest BCUT2D eigenvalue weighted by molar-refractivity contribution is 5.82. The van der Waals surface area contributed by atoms with Crippen LogP contribution in [0.5, 0.6) is 0 Å². The van der Waals surface area contributed by atoms with E-state index in [0.29, 0.717) is 6.42 Å². The fraction of sp³-hybridized carbons (Fsp3) is 0.632. The number of likely N-dealkylation sites (tertiary alicyclic amines) is 1. The van der Waals surface area contributed by atoms with Crippen molar-refractivity contribution in [3.8, 4) is 0 Å². The maximum Gasteiger partial charge on any atom is 0.434 e. The van der Waals surface area contributed by atoms with Crippen LogP contribution in [0.4, 0.5) is 44.3 Å². The largest absolute Gasteiger partial charge is 0.434 e. The third-order valence-corrected chi connectivity index (χ3v) is 5.88. The van der Waals surface area contributed by atoms with E-state index in [1.165, 1.54) is 6.07 Å². The van der Waals surface area contributed by atoms with Crippen LogP contribution in [0.3, 0.4) is 0 Å². The number of hydrogen-bond donors (Lipinski definition) is 1. The lowest BCUT2D eigenvalue weighted by Gasteiger charge is -2.33. The quantitative estimate of drug-likeness (QED) is 0.612. The van der Waals surface area contributed by atoms with E-state index in [1.54, 1.807) is 0 Å². The maximum absolute atomic E-state index is 12.7. The topological polar surface area (TPSA) is 71.5 Å². The zero-order chi connectivity index (χ0) is 25.5. The summed E-state index contributed by atoms with van der Waals surface area (Å²) in [6.45, 7) is -0.676. The second kappa shape index (κ2) is 8.80. The molecule has 190 valence electrons. The van der Waals surface area contributed by atoms with Crippen molar-refractivity contribution in [2.24, 2.45) is 11.3 Å². The summed E-state index contributed by atoms with van der Waals surface area (Å²) in [6, 6.07) is 3.23. The lowest BCUT2D eigenvalue weighted by atomic mass is 9.91. The number of rotatable bonds is 4. The summed E-state index contributed by atoms with van der Waals surface area (Å²) in [5.74, 6) is -1.01. The van der Waals surface area contributed by atoms with E-state index in [-0.39, 0.29) is 38.2 Å². The summed E-state index contributed by atoms with van der Waals surface area (Å²) in [7, 11) is 0. The van der Waals surface area contributed by atoms with E-state index in [9.17, 15) is 49.1 Å². The van der Waals surface area contributed by atoms with Gasteiger partial charge in [-0.05, 0) is 36.8 Å². The predicted octanol–water partition coefficient (Wildman–Crippen LogP) is 4.45. The molecule has 2 amide bonds. The van der Waals surface area contributed by atoms with Crippen molar-refractivity contribution in [3.63, 3.8) is 0 Å². The van der Waals surface area contributed by atoms with Gasteiger partial charge in [-0.25, -0.2) is 9.78 Å². The van der Waals surface area contributed by atoms with Crippen LogP contribution >= 0.6 is 0 Å². The number of carbonyl (C=O) groups is 2. The summed E-state index contributed by atoms with van der Waals surface area (Å²) in [5.41, 5.74) is -1.71. The predicted molar refractivity (Wildman–Crippen MR) is 94.8 cm³/mol. The van der Waals surface area contributed by atoms with Gasteiger partial charge in [0, 0.05) is 19.0 Å². The lowest BCUT2D eigenvalue weighted by Crippen LogP contribution is -2.49. The number of nitrogens with one attached hydrogen (secondary N) is 1. The van der Waals surface area contributed by atoms with Crippen molar-refractivity contribution < 1.29 is 53.8 Å². The Morgan fingerprint density at radius 3 is 2.18 bits per heavy atom. The number of piperidine rings is 1. The fourth-order valence-electron chi connectivity index (χ4n) is 3.94. The van der Waals surface area contributed by atoms with Crippen molar-refractivity contribution in [1.29, 1.82) is 0 Å². The van der Waals surface area contributed by atoms with Gasteiger partial charge in [0.1, 0.15) is 5.69 Å². The molecule has 0 bridgehead atoms. The molecule has 2 fully saturated rings. The average molecular weight is 507 g/mol. The second-order valence-corrected chi connectivity index (χ2v) is 8.18. The number of aromatic nitrogens is 1. The van der Waals surface area contributed by atoms with Gasteiger partial charge in [-0.3, -0.25) is 4.79 Å². The van der Waals surface area contributed by atoms with E-state index < -0.39 is 53.7 Å². The molecule has 1 atom stereocenters. The zero-order valence-electron chi connectivity index (χ0n) is 17.2. The van der Waals surface area contributed by atoms with Crippen LogP contribution < -0.4 is 5.32 Å². The van der Waals surface area contributed by atoms with Crippen molar-refractivity contribution in [2.75, 3.05) is 13.1 Å². The molecule has 1 saturated carbocycles. The van der Waals surface area contributed by atoms with Crippen LogP contribution in [0.1, 0.15) is 30.7 Å². The SMILES string of the molecule is O=C(NCc1cccc(C(F)(F)F)n1)[C@H]1CC12CCN(C(=O)OC(C(F)(F)F)C(F)(F)F)CC2. The lowest BCUT2D eigenvalue weighted by molar-refractivity contribution is -0.308. The Bertz CT molecular complexity index is 908. The molecule has 1 aromatic rings. The van der Waals surface area contributed by atoms with Gasteiger partial charge in [0.05, 0.1) is 12.2 Å². The van der Waals surface area contributed by atoms with Crippen LogP contribution in [0.2, 0.25) is 0 Å². The molecule has 1 aliphatic heterocycles. The van der Waals surface area contributed by atoms with Gasteiger partial charge in [-0.2, -0.15) is 39.5 Å². The highest BCUT2D eigenvalue weighted by Gasteiger charge is 2.61. The molecular formula is C19H18F9N3O3. The summed E-state index contributed by atoms with van der Waals surface area (Å²) < 4.78 is 117. The van der Waals surface area contributed by atoms with Crippen LogP contribution in [0.25, 0.3) is 0 Å². The molecule has 1 aliphatic carbocycles. The molecule has 0 unspecified atom stereocenters. The van der Waals surface area contributed by atoms with Crippen LogP contribution in [-0.4, -0.2) is 53.4 Å². The van der Waals surface area contributed by atoms with E-state index >= 15 is 0 Å². The van der Waals surface area contributed by atoms with Gasteiger partial charge in [0.15, 0.2) is 0 Å². The first-order valence-corrected chi connectivity index (χ1v) is 9.93. The molecule has 0 radical (unpaired) electrons. The number of ether oxygens (including phenoxy) is 1. The van der Waals surface area contributed by atoms with Crippen LogP contribution in [0.15, 0.2) is 18.2 Å². The van der Waals surface area contributed by atoms with Crippen LogP contribution in [-0.2, 0) is 22.3 Å². The number of amides is 2. The van der Waals surface area contributed by atoms with E-state index in [2.05, 4.69) is 15.0 Å². The van der Waals surface area contributed by atoms with Gasteiger partial charge in [0.2, 0.25) is 5.91 Å². The first kappa shape index (κ1) is 25.9. The van der Waals surface area contributed by atoms with Gasteiger partial charge in [-0.15, -0.1) is 0 Å². The number of nitrogens with zero attached hydrogens (tertiary/aromatic N) is 2. The number of pyridine rings is 1. The third-order valence-electron chi connectivity index (χ3n) is 5.88. The van der Waals surface area contributed by atoms with E-state index in [1.807, 2.05) is 0 Å².